The molecule has 0 spiro atoms. The van der Waals surface area contributed by atoms with Crippen molar-refractivity contribution >= 4 is 16.5 Å². The highest BCUT2D eigenvalue weighted by Gasteiger charge is 2.22. The van der Waals surface area contributed by atoms with Gasteiger partial charge < -0.3 is 14.4 Å². The Kier molecular flexibility index (Phi) is 4.09. The summed E-state index contributed by atoms with van der Waals surface area (Å²) in [5.74, 6) is 0. The van der Waals surface area contributed by atoms with E-state index >= 15 is 0 Å². The normalized spacial score (nSPS) is 21.4. The van der Waals surface area contributed by atoms with Gasteiger partial charge >= 0.3 is 0 Å². The minimum atomic E-state index is 0.248. The summed E-state index contributed by atoms with van der Waals surface area (Å²) in [6.07, 6.45) is 1.18. The fraction of sp³-hybridized carbons (Fsp3) is 0.800. The van der Waals surface area contributed by atoms with Gasteiger partial charge in [-0.3, -0.25) is 0 Å². The summed E-state index contributed by atoms with van der Waals surface area (Å²) in [5, 5.41) is 10.2. The topological polar surface area (TPSA) is 47.5 Å². The molecule has 1 atom stereocenters. The van der Waals surface area contributed by atoms with Crippen LogP contribution in [0.3, 0.4) is 0 Å². The average molecular weight is 243 g/mol. The average Bonchev–Trinajstić information content (AvgIpc) is 2.74. The van der Waals surface area contributed by atoms with Crippen LogP contribution in [0.5, 0.6) is 0 Å². The largest absolute Gasteiger partial charge is 0.385 e. The molecule has 2 heterocycles. The summed E-state index contributed by atoms with van der Waals surface area (Å²) in [6.45, 7) is 5.26. The van der Waals surface area contributed by atoms with E-state index in [-0.39, 0.29) is 6.10 Å². The molecule has 16 heavy (non-hydrogen) atoms. The molecule has 0 aliphatic carbocycles. The van der Waals surface area contributed by atoms with Crippen LogP contribution in [0.2, 0.25) is 0 Å². The van der Waals surface area contributed by atoms with E-state index in [0.29, 0.717) is 0 Å². The number of aromatic nitrogens is 2. The highest BCUT2D eigenvalue weighted by molar-refractivity contribution is 7.15. The Morgan fingerprint density at radius 3 is 3.12 bits per heavy atom. The van der Waals surface area contributed by atoms with E-state index in [9.17, 15) is 0 Å². The van der Waals surface area contributed by atoms with Crippen molar-refractivity contribution in [3.8, 4) is 0 Å². The number of hydrogen-bond acceptors (Lipinski definition) is 6. The second-order valence-corrected chi connectivity index (χ2v) is 4.98. The maximum absolute atomic E-state index is 5.67. The van der Waals surface area contributed by atoms with Crippen LogP contribution in [0.1, 0.15) is 11.4 Å². The van der Waals surface area contributed by atoms with Crippen molar-refractivity contribution in [2.24, 2.45) is 0 Å². The molecule has 1 fully saturated rings. The molecule has 1 aromatic heterocycles. The molecule has 0 saturated carbocycles. The number of hydrogen-bond donors (Lipinski definition) is 0. The third kappa shape index (κ3) is 2.90. The van der Waals surface area contributed by atoms with Crippen molar-refractivity contribution in [1.82, 2.24) is 10.2 Å². The fourth-order valence-electron chi connectivity index (χ4n) is 1.73. The van der Waals surface area contributed by atoms with Gasteiger partial charge in [0.25, 0.3) is 0 Å². The molecule has 5 nitrogen and oxygen atoms in total. The number of morpholine rings is 1. The van der Waals surface area contributed by atoms with E-state index in [0.717, 1.165) is 42.9 Å². The lowest BCUT2D eigenvalue weighted by atomic mass is 10.2. The van der Waals surface area contributed by atoms with Crippen molar-refractivity contribution in [2.45, 2.75) is 19.4 Å². The first-order chi connectivity index (χ1) is 7.79. The Bertz CT molecular complexity index is 332. The van der Waals surface area contributed by atoms with Crippen LogP contribution in [0.4, 0.5) is 5.13 Å². The van der Waals surface area contributed by atoms with Gasteiger partial charge in [-0.25, -0.2) is 0 Å². The summed E-state index contributed by atoms with van der Waals surface area (Å²) >= 11 is 1.64. The van der Waals surface area contributed by atoms with Crippen LogP contribution >= 0.6 is 11.3 Å². The van der Waals surface area contributed by atoms with Crippen LogP contribution in [0, 0.1) is 6.92 Å². The van der Waals surface area contributed by atoms with Crippen molar-refractivity contribution < 1.29 is 9.47 Å². The minimum absolute atomic E-state index is 0.248. The van der Waals surface area contributed by atoms with Gasteiger partial charge in [0.15, 0.2) is 0 Å². The summed E-state index contributed by atoms with van der Waals surface area (Å²) in [5.41, 5.74) is 0. The standard InChI is InChI=1S/C10H17N3O2S/c1-8-11-12-10(16-8)13-4-6-15-9(7-13)3-5-14-2/h9H,3-7H2,1-2H3/t9-/m1/s1. The van der Waals surface area contributed by atoms with Crippen LogP contribution in [-0.4, -0.2) is 49.7 Å². The van der Waals surface area contributed by atoms with E-state index in [1.165, 1.54) is 0 Å². The maximum Gasteiger partial charge on any atom is 0.208 e. The monoisotopic (exact) mass is 243 g/mol. The lowest BCUT2D eigenvalue weighted by Gasteiger charge is -2.32. The molecule has 1 saturated heterocycles. The van der Waals surface area contributed by atoms with Gasteiger partial charge in [-0.15, -0.1) is 10.2 Å². The number of ether oxygens (including phenoxy) is 2. The van der Waals surface area contributed by atoms with Gasteiger partial charge in [-0.2, -0.15) is 0 Å². The quantitative estimate of drug-likeness (QED) is 0.792. The molecule has 0 aromatic carbocycles. The highest BCUT2D eigenvalue weighted by Crippen LogP contribution is 2.22. The molecule has 0 bridgehead atoms. The fourth-order valence-corrected chi connectivity index (χ4v) is 2.45. The van der Waals surface area contributed by atoms with Crippen LogP contribution in [0.15, 0.2) is 0 Å². The lowest BCUT2D eigenvalue weighted by molar-refractivity contribution is 0.0191. The Morgan fingerprint density at radius 1 is 1.56 bits per heavy atom. The maximum atomic E-state index is 5.67. The zero-order valence-corrected chi connectivity index (χ0v) is 10.5. The number of methoxy groups -OCH3 is 1. The van der Waals surface area contributed by atoms with Crippen molar-refractivity contribution in [3.63, 3.8) is 0 Å². The number of rotatable bonds is 4. The summed E-state index contributed by atoms with van der Waals surface area (Å²) in [6, 6.07) is 0. The molecular formula is C10H17N3O2S. The third-order valence-corrected chi connectivity index (χ3v) is 3.47. The Morgan fingerprint density at radius 2 is 2.44 bits per heavy atom. The predicted octanol–water partition coefficient (Wildman–Crippen LogP) is 1.09. The zero-order chi connectivity index (χ0) is 11.4. The van der Waals surface area contributed by atoms with Gasteiger partial charge in [0, 0.05) is 26.8 Å². The second-order valence-electron chi connectivity index (χ2n) is 3.82. The van der Waals surface area contributed by atoms with E-state index in [2.05, 4.69) is 15.1 Å². The number of anilines is 1. The van der Waals surface area contributed by atoms with Crippen molar-refractivity contribution in [1.29, 1.82) is 0 Å². The highest BCUT2D eigenvalue weighted by atomic mass is 32.1. The van der Waals surface area contributed by atoms with Crippen molar-refractivity contribution in [3.05, 3.63) is 5.01 Å². The second kappa shape index (κ2) is 5.56. The first-order valence-electron chi connectivity index (χ1n) is 5.45. The van der Waals surface area contributed by atoms with E-state index in [4.69, 9.17) is 9.47 Å². The molecule has 1 aromatic rings. The molecule has 1 aliphatic heterocycles. The third-order valence-electron chi connectivity index (χ3n) is 2.57. The smallest absolute Gasteiger partial charge is 0.208 e. The van der Waals surface area contributed by atoms with Gasteiger partial charge in [-0.1, -0.05) is 11.3 Å². The first-order valence-corrected chi connectivity index (χ1v) is 6.27. The predicted molar refractivity (Wildman–Crippen MR) is 63.1 cm³/mol. The van der Waals surface area contributed by atoms with Crippen LogP contribution in [0.25, 0.3) is 0 Å². The minimum Gasteiger partial charge on any atom is -0.385 e. The molecule has 90 valence electrons. The summed E-state index contributed by atoms with van der Waals surface area (Å²) in [7, 11) is 1.72. The molecule has 6 heteroatoms. The van der Waals surface area contributed by atoms with Crippen LogP contribution in [-0.2, 0) is 9.47 Å². The molecule has 0 radical (unpaired) electrons. The Labute approximate surface area is 99.4 Å². The molecule has 1 aliphatic rings. The SMILES string of the molecule is COCC[C@@H]1CN(c2nnc(C)s2)CCO1. The van der Waals surface area contributed by atoms with Gasteiger partial charge in [0.1, 0.15) is 5.01 Å². The molecule has 2 rings (SSSR count). The molecule has 0 amide bonds. The summed E-state index contributed by atoms with van der Waals surface area (Å²) < 4.78 is 10.7. The summed E-state index contributed by atoms with van der Waals surface area (Å²) in [4.78, 5) is 2.24. The van der Waals surface area contributed by atoms with Crippen LogP contribution < -0.4 is 4.90 Å². The number of nitrogens with zero attached hydrogens (tertiary/aromatic N) is 3. The molecule has 0 unspecified atom stereocenters. The lowest BCUT2D eigenvalue weighted by Crippen LogP contribution is -2.42. The van der Waals surface area contributed by atoms with E-state index < -0.39 is 0 Å². The molecular weight excluding hydrogens is 226 g/mol. The molecule has 0 N–H and O–H groups in total. The van der Waals surface area contributed by atoms with Gasteiger partial charge in [0.2, 0.25) is 5.13 Å². The Hall–Kier alpha value is -0.720. The van der Waals surface area contributed by atoms with E-state index in [1.54, 1.807) is 18.4 Å². The van der Waals surface area contributed by atoms with Gasteiger partial charge in [-0.05, 0) is 13.3 Å². The Balaban J connectivity index is 1.91. The van der Waals surface area contributed by atoms with Gasteiger partial charge in [0.05, 0.1) is 12.7 Å². The van der Waals surface area contributed by atoms with Crippen molar-refractivity contribution in [2.75, 3.05) is 38.3 Å². The first kappa shape index (κ1) is 11.8. The zero-order valence-electron chi connectivity index (χ0n) is 9.68. The number of aryl methyl sites for hydroxylation is 1. The van der Waals surface area contributed by atoms with E-state index in [1.807, 2.05) is 6.92 Å².